The smallest absolute Gasteiger partial charge is 0.0472 e. The Morgan fingerprint density at radius 1 is 1.14 bits per heavy atom. The standard InChI is InChI=1S/C18H31N3/c1-4-21(14-8-13-20(2)3)18(15-19-17-11-12-17)16-9-6-5-7-10-16/h5-7,9-10,17-19H,4,8,11-15H2,1-3H3. The lowest BCUT2D eigenvalue weighted by molar-refractivity contribution is 0.192. The number of benzene rings is 1. The molecule has 0 saturated heterocycles. The van der Waals surface area contributed by atoms with Gasteiger partial charge in [-0.15, -0.1) is 0 Å². The van der Waals surface area contributed by atoms with Crippen molar-refractivity contribution in [1.82, 2.24) is 15.1 Å². The SMILES string of the molecule is CCN(CCCN(C)C)C(CNC1CC1)c1ccccc1. The summed E-state index contributed by atoms with van der Waals surface area (Å²) in [4.78, 5) is 4.89. The molecule has 1 aliphatic carbocycles. The van der Waals surface area contributed by atoms with Crippen molar-refractivity contribution in [3.05, 3.63) is 35.9 Å². The second kappa shape index (κ2) is 8.52. The highest BCUT2D eigenvalue weighted by Crippen LogP contribution is 2.24. The van der Waals surface area contributed by atoms with Gasteiger partial charge in [-0.1, -0.05) is 37.3 Å². The zero-order valence-electron chi connectivity index (χ0n) is 13.9. The second-order valence-electron chi connectivity index (χ2n) is 6.39. The van der Waals surface area contributed by atoms with Crippen molar-refractivity contribution in [2.24, 2.45) is 0 Å². The summed E-state index contributed by atoms with van der Waals surface area (Å²) < 4.78 is 0. The molecular formula is C18H31N3. The molecule has 21 heavy (non-hydrogen) atoms. The molecule has 3 nitrogen and oxygen atoms in total. The van der Waals surface area contributed by atoms with Gasteiger partial charge in [0.05, 0.1) is 0 Å². The van der Waals surface area contributed by atoms with Crippen LogP contribution in [0.15, 0.2) is 30.3 Å². The van der Waals surface area contributed by atoms with Crippen LogP contribution >= 0.6 is 0 Å². The molecule has 1 aliphatic rings. The highest BCUT2D eigenvalue weighted by atomic mass is 15.2. The molecule has 1 unspecified atom stereocenters. The summed E-state index contributed by atoms with van der Waals surface area (Å²) in [6, 6.07) is 12.2. The van der Waals surface area contributed by atoms with Crippen LogP contribution in [0, 0.1) is 0 Å². The summed E-state index contributed by atoms with van der Waals surface area (Å²) in [5.74, 6) is 0. The number of nitrogens with zero attached hydrogens (tertiary/aromatic N) is 2. The molecule has 1 N–H and O–H groups in total. The Morgan fingerprint density at radius 2 is 1.86 bits per heavy atom. The van der Waals surface area contributed by atoms with Crippen LogP contribution in [-0.4, -0.2) is 56.1 Å². The largest absolute Gasteiger partial charge is 0.312 e. The van der Waals surface area contributed by atoms with E-state index in [0.717, 1.165) is 25.7 Å². The van der Waals surface area contributed by atoms with Crippen molar-refractivity contribution in [1.29, 1.82) is 0 Å². The molecule has 0 spiro atoms. The minimum absolute atomic E-state index is 0.499. The van der Waals surface area contributed by atoms with E-state index in [9.17, 15) is 0 Å². The number of rotatable bonds is 10. The van der Waals surface area contributed by atoms with Crippen LogP contribution in [0.25, 0.3) is 0 Å². The lowest BCUT2D eigenvalue weighted by Gasteiger charge is -2.32. The van der Waals surface area contributed by atoms with Gasteiger partial charge in [-0.05, 0) is 52.0 Å². The average molecular weight is 289 g/mol. The molecule has 0 bridgehead atoms. The summed E-state index contributed by atoms with van der Waals surface area (Å²) in [5, 5.41) is 3.72. The van der Waals surface area contributed by atoms with E-state index in [0.29, 0.717) is 6.04 Å². The Balaban J connectivity index is 1.96. The van der Waals surface area contributed by atoms with Crippen LogP contribution in [0.5, 0.6) is 0 Å². The van der Waals surface area contributed by atoms with E-state index >= 15 is 0 Å². The summed E-state index contributed by atoms with van der Waals surface area (Å²) in [5.41, 5.74) is 1.44. The van der Waals surface area contributed by atoms with Gasteiger partial charge in [-0.2, -0.15) is 0 Å². The van der Waals surface area contributed by atoms with E-state index in [1.54, 1.807) is 0 Å². The van der Waals surface area contributed by atoms with Crippen LogP contribution in [0.2, 0.25) is 0 Å². The summed E-state index contributed by atoms with van der Waals surface area (Å²) in [6.45, 7) is 6.79. The molecule has 1 aromatic rings. The fourth-order valence-electron chi connectivity index (χ4n) is 2.82. The molecule has 0 aliphatic heterocycles. The van der Waals surface area contributed by atoms with E-state index < -0.39 is 0 Å². The maximum absolute atomic E-state index is 3.72. The third-order valence-corrected chi connectivity index (χ3v) is 4.26. The first kappa shape index (κ1) is 16.5. The van der Waals surface area contributed by atoms with Crippen molar-refractivity contribution in [3.8, 4) is 0 Å². The number of hydrogen-bond acceptors (Lipinski definition) is 3. The molecule has 1 aromatic carbocycles. The average Bonchev–Trinajstić information content (AvgIpc) is 3.30. The molecule has 118 valence electrons. The van der Waals surface area contributed by atoms with Crippen LogP contribution in [-0.2, 0) is 0 Å². The molecule has 1 saturated carbocycles. The van der Waals surface area contributed by atoms with Crippen LogP contribution < -0.4 is 5.32 Å². The van der Waals surface area contributed by atoms with Crippen molar-refractivity contribution in [3.63, 3.8) is 0 Å². The van der Waals surface area contributed by atoms with E-state index in [4.69, 9.17) is 0 Å². The zero-order valence-corrected chi connectivity index (χ0v) is 13.9. The number of likely N-dealkylation sites (N-methyl/N-ethyl adjacent to an activating group) is 1. The summed E-state index contributed by atoms with van der Waals surface area (Å²) in [6.07, 6.45) is 3.94. The van der Waals surface area contributed by atoms with Crippen molar-refractivity contribution in [2.45, 2.75) is 38.3 Å². The van der Waals surface area contributed by atoms with E-state index in [-0.39, 0.29) is 0 Å². The fourth-order valence-corrected chi connectivity index (χ4v) is 2.82. The maximum Gasteiger partial charge on any atom is 0.0472 e. The Kier molecular flexibility index (Phi) is 6.68. The molecule has 1 fully saturated rings. The van der Waals surface area contributed by atoms with Gasteiger partial charge in [-0.3, -0.25) is 4.90 Å². The van der Waals surface area contributed by atoms with Gasteiger partial charge in [0.15, 0.2) is 0 Å². The Morgan fingerprint density at radius 3 is 2.43 bits per heavy atom. The lowest BCUT2D eigenvalue weighted by atomic mass is 10.0. The van der Waals surface area contributed by atoms with Crippen LogP contribution in [0.1, 0.15) is 37.8 Å². The lowest BCUT2D eigenvalue weighted by Crippen LogP contribution is -2.38. The van der Waals surface area contributed by atoms with E-state index in [1.165, 1.54) is 31.4 Å². The highest BCUT2D eigenvalue weighted by Gasteiger charge is 2.24. The summed E-state index contributed by atoms with van der Waals surface area (Å²) >= 11 is 0. The molecule has 3 heteroatoms. The zero-order chi connectivity index (χ0) is 15.1. The predicted molar refractivity (Wildman–Crippen MR) is 90.6 cm³/mol. The fraction of sp³-hybridized carbons (Fsp3) is 0.667. The molecular weight excluding hydrogens is 258 g/mol. The maximum atomic E-state index is 3.72. The third-order valence-electron chi connectivity index (χ3n) is 4.26. The number of nitrogens with one attached hydrogen (secondary N) is 1. The minimum atomic E-state index is 0.499. The van der Waals surface area contributed by atoms with Gasteiger partial charge in [-0.25, -0.2) is 0 Å². The van der Waals surface area contributed by atoms with E-state index in [2.05, 4.69) is 66.5 Å². The molecule has 2 rings (SSSR count). The van der Waals surface area contributed by atoms with Gasteiger partial charge < -0.3 is 10.2 Å². The minimum Gasteiger partial charge on any atom is -0.312 e. The van der Waals surface area contributed by atoms with Gasteiger partial charge >= 0.3 is 0 Å². The first-order valence-electron chi connectivity index (χ1n) is 8.37. The normalized spacial score (nSPS) is 16.6. The first-order chi connectivity index (χ1) is 10.2. The number of hydrogen-bond donors (Lipinski definition) is 1. The second-order valence-corrected chi connectivity index (χ2v) is 6.39. The Labute approximate surface area is 130 Å². The van der Waals surface area contributed by atoms with Gasteiger partial charge in [0.1, 0.15) is 0 Å². The third kappa shape index (κ3) is 5.77. The molecule has 0 heterocycles. The Bertz CT molecular complexity index is 387. The van der Waals surface area contributed by atoms with Gasteiger partial charge in [0.2, 0.25) is 0 Å². The Hall–Kier alpha value is -0.900. The summed E-state index contributed by atoms with van der Waals surface area (Å²) in [7, 11) is 4.30. The van der Waals surface area contributed by atoms with Crippen LogP contribution in [0.4, 0.5) is 0 Å². The van der Waals surface area contributed by atoms with Crippen molar-refractivity contribution in [2.75, 3.05) is 40.3 Å². The van der Waals surface area contributed by atoms with Crippen molar-refractivity contribution >= 4 is 0 Å². The topological polar surface area (TPSA) is 18.5 Å². The molecule has 0 amide bonds. The first-order valence-corrected chi connectivity index (χ1v) is 8.37. The molecule has 0 radical (unpaired) electrons. The van der Waals surface area contributed by atoms with Crippen molar-refractivity contribution < 1.29 is 0 Å². The quantitative estimate of drug-likeness (QED) is 0.714. The molecule has 1 atom stereocenters. The van der Waals surface area contributed by atoms with E-state index in [1.807, 2.05) is 0 Å². The van der Waals surface area contributed by atoms with Crippen LogP contribution in [0.3, 0.4) is 0 Å². The van der Waals surface area contributed by atoms with Gasteiger partial charge in [0, 0.05) is 25.2 Å². The predicted octanol–water partition coefficient (Wildman–Crippen LogP) is 2.75. The highest BCUT2D eigenvalue weighted by molar-refractivity contribution is 5.19. The monoisotopic (exact) mass is 289 g/mol. The molecule has 0 aromatic heterocycles. The van der Waals surface area contributed by atoms with Gasteiger partial charge in [0.25, 0.3) is 0 Å².